The Morgan fingerprint density at radius 3 is 2.42 bits per heavy atom. The molecule has 0 atom stereocenters. The Bertz CT molecular complexity index is 1240. The van der Waals surface area contributed by atoms with E-state index in [1.807, 2.05) is 18.0 Å². The third-order valence-electron chi connectivity index (χ3n) is 9.17. The standard InChI is InChI=1S/C31H41N5O2/c1-5-30(6-2)11-9-24(10-12-30)26-18-25(31(21-33-4)13-15-36(16-14-31)22(3)37)7-8-27(26)35-29(38)28-17-23(19-32)20-34-28/h7-9,17-18,20,33-34H,5-6,10-16,21H2,1-4H3,(H,35,38). The minimum Gasteiger partial charge on any atom is -0.356 e. The molecule has 1 aromatic carbocycles. The van der Waals surface area contributed by atoms with Gasteiger partial charge in [0, 0.05) is 49.4 Å². The van der Waals surface area contributed by atoms with Crippen molar-refractivity contribution < 1.29 is 9.59 Å². The van der Waals surface area contributed by atoms with Gasteiger partial charge in [0.25, 0.3) is 5.91 Å². The zero-order chi connectivity index (χ0) is 27.3. The topological polar surface area (TPSA) is 101 Å². The van der Waals surface area contributed by atoms with Crippen LogP contribution in [0.1, 0.15) is 92.9 Å². The number of aromatic nitrogens is 1. The van der Waals surface area contributed by atoms with Crippen molar-refractivity contribution in [2.24, 2.45) is 5.41 Å². The Morgan fingerprint density at radius 2 is 1.87 bits per heavy atom. The van der Waals surface area contributed by atoms with E-state index in [9.17, 15) is 9.59 Å². The normalized spacial score (nSPS) is 18.4. The smallest absolute Gasteiger partial charge is 0.272 e. The number of amides is 2. The first-order chi connectivity index (χ1) is 18.3. The van der Waals surface area contributed by atoms with Crippen LogP contribution in [-0.4, -0.2) is 48.4 Å². The van der Waals surface area contributed by atoms with Gasteiger partial charge in [-0.25, -0.2) is 0 Å². The van der Waals surface area contributed by atoms with E-state index in [0.717, 1.165) is 63.0 Å². The van der Waals surface area contributed by atoms with Gasteiger partial charge < -0.3 is 20.5 Å². The summed E-state index contributed by atoms with van der Waals surface area (Å²) in [5.41, 5.74) is 5.48. The minimum atomic E-state index is -0.256. The van der Waals surface area contributed by atoms with E-state index in [1.165, 1.54) is 24.0 Å². The molecule has 0 saturated carbocycles. The van der Waals surface area contributed by atoms with E-state index in [0.29, 0.717) is 16.7 Å². The van der Waals surface area contributed by atoms with Gasteiger partial charge in [-0.2, -0.15) is 5.26 Å². The van der Waals surface area contributed by atoms with Crippen molar-refractivity contribution in [1.82, 2.24) is 15.2 Å². The molecule has 2 heterocycles. The summed E-state index contributed by atoms with van der Waals surface area (Å²) in [7, 11) is 1.99. The number of hydrogen-bond donors (Lipinski definition) is 3. The van der Waals surface area contributed by atoms with E-state index in [-0.39, 0.29) is 17.2 Å². The van der Waals surface area contributed by atoms with Crippen molar-refractivity contribution in [3.05, 3.63) is 58.9 Å². The molecule has 202 valence electrons. The molecular formula is C31H41N5O2. The van der Waals surface area contributed by atoms with E-state index in [2.05, 4.69) is 53.7 Å². The molecule has 2 aromatic rings. The van der Waals surface area contributed by atoms with Crippen LogP contribution in [0.5, 0.6) is 0 Å². The summed E-state index contributed by atoms with van der Waals surface area (Å²) in [6.07, 6.45) is 11.2. The summed E-state index contributed by atoms with van der Waals surface area (Å²) in [6, 6.07) is 10.1. The molecule has 0 radical (unpaired) electrons. The second kappa shape index (κ2) is 11.6. The number of rotatable bonds is 8. The number of hydrogen-bond acceptors (Lipinski definition) is 4. The number of likely N-dealkylation sites (N-methyl/N-ethyl adjacent to an activating group) is 1. The number of H-pyrrole nitrogens is 1. The third kappa shape index (κ3) is 5.56. The molecule has 1 aliphatic heterocycles. The van der Waals surface area contributed by atoms with Crippen LogP contribution in [0.3, 0.4) is 0 Å². The van der Waals surface area contributed by atoms with Crippen LogP contribution in [0.15, 0.2) is 36.5 Å². The molecule has 2 amide bonds. The Kier molecular flexibility index (Phi) is 8.42. The summed E-state index contributed by atoms with van der Waals surface area (Å²) in [5.74, 6) is -0.124. The van der Waals surface area contributed by atoms with Crippen molar-refractivity contribution >= 4 is 23.1 Å². The van der Waals surface area contributed by atoms with Gasteiger partial charge >= 0.3 is 0 Å². The highest BCUT2D eigenvalue weighted by atomic mass is 16.2. The Morgan fingerprint density at radius 1 is 1.13 bits per heavy atom. The van der Waals surface area contributed by atoms with Crippen LogP contribution < -0.4 is 10.6 Å². The highest BCUT2D eigenvalue weighted by molar-refractivity contribution is 6.04. The number of nitrogens with one attached hydrogen (secondary N) is 3. The molecule has 0 bridgehead atoms. The molecule has 1 fully saturated rings. The average Bonchev–Trinajstić information content (AvgIpc) is 3.43. The Balaban J connectivity index is 1.72. The summed E-state index contributed by atoms with van der Waals surface area (Å²) < 4.78 is 0. The lowest BCUT2D eigenvalue weighted by molar-refractivity contribution is -0.130. The number of aromatic amines is 1. The average molecular weight is 516 g/mol. The first-order valence-corrected chi connectivity index (χ1v) is 13.9. The number of carbonyl (C=O) groups excluding carboxylic acids is 2. The number of benzene rings is 1. The van der Waals surface area contributed by atoms with Crippen molar-refractivity contribution in [2.45, 2.75) is 71.1 Å². The minimum absolute atomic E-state index is 0.0784. The summed E-state index contributed by atoms with van der Waals surface area (Å²) >= 11 is 0. The Hall–Kier alpha value is -3.37. The van der Waals surface area contributed by atoms with Gasteiger partial charge in [0.05, 0.1) is 5.56 Å². The van der Waals surface area contributed by atoms with Crippen LogP contribution in [0.4, 0.5) is 5.69 Å². The van der Waals surface area contributed by atoms with Gasteiger partial charge in [0.2, 0.25) is 5.91 Å². The molecule has 0 spiro atoms. The molecule has 1 aliphatic carbocycles. The first kappa shape index (κ1) is 27.7. The van der Waals surface area contributed by atoms with Gasteiger partial charge in [-0.05, 0) is 73.9 Å². The Labute approximate surface area is 226 Å². The number of piperidine rings is 1. The van der Waals surface area contributed by atoms with Crippen LogP contribution >= 0.6 is 0 Å². The van der Waals surface area contributed by atoms with Gasteiger partial charge in [-0.15, -0.1) is 0 Å². The van der Waals surface area contributed by atoms with Crippen LogP contribution in [0.25, 0.3) is 5.57 Å². The molecule has 4 rings (SSSR count). The largest absolute Gasteiger partial charge is 0.356 e. The molecule has 7 heteroatoms. The third-order valence-corrected chi connectivity index (χ3v) is 9.17. The lowest BCUT2D eigenvalue weighted by Crippen LogP contribution is -2.48. The molecule has 1 saturated heterocycles. The molecule has 7 nitrogen and oxygen atoms in total. The first-order valence-electron chi connectivity index (χ1n) is 13.9. The van der Waals surface area contributed by atoms with Crippen LogP contribution in [0, 0.1) is 16.7 Å². The van der Waals surface area contributed by atoms with Gasteiger partial charge in [0.15, 0.2) is 0 Å². The fourth-order valence-electron chi connectivity index (χ4n) is 6.26. The monoisotopic (exact) mass is 515 g/mol. The van der Waals surface area contributed by atoms with E-state index in [4.69, 9.17) is 5.26 Å². The molecule has 3 N–H and O–H groups in total. The molecular weight excluding hydrogens is 474 g/mol. The zero-order valence-electron chi connectivity index (χ0n) is 23.2. The van der Waals surface area contributed by atoms with E-state index >= 15 is 0 Å². The summed E-state index contributed by atoms with van der Waals surface area (Å²) in [4.78, 5) is 30.0. The predicted molar refractivity (Wildman–Crippen MR) is 152 cm³/mol. The second-order valence-electron chi connectivity index (χ2n) is 11.1. The van der Waals surface area contributed by atoms with Crippen LogP contribution in [-0.2, 0) is 10.2 Å². The number of likely N-dealkylation sites (tertiary alicyclic amines) is 1. The SMILES string of the molecule is CCC1(CC)CC=C(c2cc(C3(CNC)CCN(C(C)=O)CC3)ccc2NC(=O)c2cc(C#N)c[nH]2)CC1. The molecule has 0 unspecified atom stereocenters. The maximum atomic E-state index is 13.1. The molecule has 2 aliphatic rings. The quantitative estimate of drug-likeness (QED) is 0.425. The fraction of sp³-hybridized carbons (Fsp3) is 0.516. The van der Waals surface area contributed by atoms with Gasteiger partial charge in [-0.1, -0.05) is 38.8 Å². The highest BCUT2D eigenvalue weighted by Gasteiger charge is 2.37. The maximum absolute atomic E-state index is 13.1. The summed E-state index contributed by atoms with van der Waals surface area (Å²) in [6.45, 7) is 8.54. The van der Waals surface area contributed by atoms with Crippen molar-refractivity contribution in [3.63, 3.8) is 0 Å². The lowest BCUT2D eigenvalue weighted by atomic mass is 9.69. The zero-order valence-corrected chi connectivity index (χ0v) is 23.2. The predicted octanol–water partition coefficient (Wildman–Crippen LogP) is 5.61. The maximum Gasteiger partial charge on any atom is 0.272 e. The molecule has 1 aromatic heterocycles. The molecule has 38 heavy (non-hydrogen) atoms. The van der Waals surface area contributed by atoms with Crippen molar-refractivity contribution in [1.29, 1.82) is 5.26 Å². The van der Waals surface area contributed by atoms with Gasteiger partial charge in [-0.3, -0.25) is 9.59 Å². The van der Waals surface area contributed by atoms with E-state index < -0.39 is 0 Å². The lowest BCUT2D eigenvalue weighted by Gasteiger charge is -2.42. The number of nitrogens with zero attached hydrogens (tertiary/aromatic N) is 2. The highest BCUT2D eigenvalue weighted by Crippen LogP contribution is 2.46. The number of carbonyl (C=O) groups is 2. The van der Waals surface area contributed by atoms with Gasteiger partial charge in [0.1, 0.15) is 11.8 Å². The van der Waals surface area contributed by atoms with Crippen LogP contribution in [0.2, 0.25) is 0 Å². The number of allylic oxidation sites excluding steroid dienone is 2. The number of anilines is 1. The fourth-order valence-corrected chi connectivity index (χ4v) is 6.26. The van der Waals surface area contributed by atoms with E-state index in [1.54, 1.807) is 19.2 Å². The summed E-state index contributed by atoms with van der Waals surface area (Å²) in [5, 5.41) is 15.7. The van der Waals surface area contributed by atoms with Crippen molar-refractivity contribution in [3.8, 4) is 6.07 Å². The second-order valence-corrected chi connectivity index (χ2v) is 11.1. The van der Waals surface area contributed by atoms with Crippen molar-refractivity contribution in [2.75, 3.05) is 32.0 Å². The number of nitriles is 1.